The molecule has 2 rings (SSSR count). The zero-order valence-electron chi connectivity index (χ0n) is 9.38. The average molecular weight is 279 g/mol. The Hall–Kier alpha value is -0.350. The Morgan fingerprint density at radius 1 is 1.35 bits per heavy atom. The van der Waals surface area contributed by atoms with Crippen molar-refractivity contribution in [2.75, 3.05) is 0 Å². The minimum absolute atomic E-state index is 0.0497. The molecular weight excluding hydrogens is 266 g/mol. The molecule has 1 saturated heterocycles. The summed E-state index contributed by atoms with van der Waals surface area (Å²) in [5, 5.41) is 0.367. The molecule has 1 aromatic rings. The van der Waals surface area contributed by atoms with Gasteiger partial charge in [-0.05, 0) is 31.0 Å². The van der Waals surface area contributed by atoms with Crippen LogP contribution in [0.25, 0.3) is 0 Å². The van der Waals surface area contributed by atoms with E-state index >= 15 is 0 Å². The first-order valence-corrected chi connectivity index (χ1v) is 6.22. The van der Waals surface area contributed by atoms with Gasteiger partial charge in [0.2, 0.25) is 0 Å². The molecule has 1 aliphatic heterocycles. The number of hydrogen-bond donors (Lipinski definition) is 0. The van der Waals surface area contributed by atoms with Gasteiger partial charge in [-0.15, -0.1) is 0 Å². The lowest BCUT2D eigenvalue weighted by molar-refractivity contribution is -0.136. The van der Waals surface area contributed by atoms with Crippen molar-refractivity contribution in [3.8, 4) is 0 Å². The van der Waals surface area contributed by atoms with E-state index in [0.717, 1.165) is 12.8 Å². The molecule has 5 heteroatoms. The van der Waals surface area contributed by atoms with E-state index in [9.17, 15) is 4.39 Å². The average Bonchev–Trinajstić information content (AvgIpc) is 2.68. The van der Waals surface area contributed by atoms with E-state index in [1.54, 1.807) is 0 Å². The van der Waals surface area contributed by atoms with Crippen LogP contribution in [0.1, 0.15) is 25.3 Å². The number of ether oxygens (including phenoxy) is 2. The van der Waals surface area contributed by atoms with Crippen LogP contribution < -0.4 is 0 Å². The molecule has 1 aromatic carbocycles. The third-order valence-corrected chi connectivity index (χ3v) is 3.35. The molecule has 0 N–H and O–H groups in total. The van der Waals surface area contributed by atoms with Gasteiger partial charge in [0.25, 0.3) is 0 Å². The fourth-order valence-electron chi connectivity index (χ4n) is 1.75. The SMILES string of the molecule is C[C@H]1CCC(OCc2cc(Cl)c(F)cc2Cl)O1. The largest absolute Gasteiger partial charge is 0.350 e. The zero-order chi connectivity index (χ0) is 12.4. The summed E-state index contributed by atoms with van der Waals surface area (Å²) < 4.78 is 24.1. The van der Waals surface area contributed by atoms with E-state index in [2.05, 4.69) is 0 Å². The number of benzene rings is 1. The topological polar surface area (TPSA) is 18.5 Å². The molecule has 0 aromatic heterocycles. The summed E-state index contributed by atoms with van der Waals surface area (Å²) in [6.07, 6.45) is 1.88. The smallest absolute Gasteiger partial charge is 0.158 e. The highest BCUT2D eigenvalue weighted by atomic mass is 35.5. The number of halogens is 3. The molecule has 94 valence electrons. The van der Waals surface area contributed by atoms with Crippen molar-refractivity contribution in [2.24, 2.45) is 0 Å². The van der Waals surface area contributed by atoms with Gasteiger partial charge in [-0.25, -0.2) is 4.39 Å². The van der Waals surface area contributed by atoms with Gasteiger partial charge >= 0.3 is 0 Å². The first-order valence-electron chi connectivity index (χ1n) is 5.46. The molecule has 1 aliphatic rings. The van der Waals surface area contributed by atoms with Crippen LogP contribution in [0.4, 0.5) is 4.39 Å². The highest BCUT2D eigenvalue weighted by Crippen LogP contribution is 2.27. The van der Waals surface area contributed by atoms with Gasteiger partial charge in [-0.2, -0.15) is 0 Å². The van der Waals surface area contributed by atoms with E-state index in [-0.39, 0.29) is 24.0 Å². The van der Waals surface area contributed by atoms with E-state index in [1.807, 2.05) is 6.92 Å². The third kappa shape index (κ3) is 3.32. The number of hydrogen-bond acceptors (Lipinski definition) is 2. The predicted octanol–water partition coefficient (Wildman–Crippen LogP) is 4.17. The first kappa shape index (κ1) is 13.1. The van der Waals surface area contributed by atoms with E-state index < -0.39 is 5.82 Å². The van der Waals surface area contributed by atoms with E-state index in [4.69, 9.17) is 32.7 Å². The van der Waals surface area contributed by atoms with Crippen molar-refractivity contribution < 1.29 is 13.9 Å². The monoisotopic (exact) mass is 278 g/mol. The van der Waals surface area contributed by atoms with Crippen LogP contribution in [0.5, 0.6) is 0 Å². The van der Waals surface area contributed by atoms with Gasteiger partial charge in [0.05, 0.1) is 17.7 Å². The van der Waals surface area contributed by atoms with Gasteiger partial charge in [0, 0.05) is 11.4 Å². The summed E-state index contributed by atoms with van der Waals surface area (Å²) in [5.74, 6) is -0.522. The molecule has 1 fully saturated rings. The van der Waals surface area contributed by atoms with E-state index in [1.165, 1.54) is 12.1 Å². The molecule has 2 atom stereocenters. The van der Waals surface area contributed by atoms with Crippen LogP contribution in [-0.2, 0) is 16.1 Å². The summed E-state index contributed by atoms with van der Waals surface area (Å²) in [7, 11) is 0. The molecule has 17 heavy (non-hydrogen) atoms. The first-order chi connectivity index (χ1) is 8.06. The maximum absolute atomic E-state index is 13.1. The fraction of sp³-hybridized carbons (Fsp3) is 0.500. The molecule has 0 amide bonds. The Balaban J connectivity index is 1.97. The van der Waals surface area contributed by atoms with Gasteiger partial charge in [-0.3, -0.25) is 0 Å². The summed E-state index contributed by atoms with van der Waals surface area (Å²) >= 11 is 11.6. The second-order valence-electron chi connectivity index (χ2n) is 4.12. The molecule has 0 saturated carbocycles. The lowest BCUT2D eigenvalue weighted by Gasteiger charge is -2.13. The molecular formula is C12H13Cl2FO2. The van der Waals surface area contributed by atoms with Crippen molar-refractivity contribution in [1.29, 1.82) is 0 Å². The normalized spacial score (nSPS) is 24.2. The highest BCUT2D eigenvalue weighted by Gasteiger charge is 2.22. The second kappa shape index (κ2) is 5.53. The quantitative estimate of drug-likeness (QED) is 0.773. The van der Waals surface area contributed by atoms with Crippen LogP contribution >= 0.6 is 23.2 Å². The third-order valence-electron chi connectivity index (χ3n) is 2.71. The highest BCUT2D eigenvalue weighted by molar-refractivity contribution is 6.33. The Morgan fingerprint density at radius 2 is 2.12 bits per heavy atom. The summed E-state index contributed by atoms with van der Waals surface area (Å²) in [4.78, 5) is 0. The fourth-order valence-corrected chi connectivity index (χ4v) is 2.14. The van der Waals surface area contributed by atoms with Gasteiger partial charge in [0.1, 0.15) is 5.82 Å². The van der Waals surface area contributed by atoms with Crippen molar-refractivity contribution >= 4 is 23.2 Å². The molecule has 2 nitrogen and oxygen atoms in total. The minimum atomic E-state index is -0.522. The Bertz CT molecular complexity index is 412. The molecule has 1 unspecified atom stereocenters. The Morgan fingerprint density at radius 3 is 2.76 bits per heavy atom. The lowest BCUT2D eigenvalue weighted by atomic mass is 10.2. The lowest BCUT2D eigenvalue weighted by Crippen LogP contribution is -2.12. The minimum Gasteiger partial charge on any atom is -0.350 e. The molecule has 0 bridgehead atoms. The van der Waals surface area contributed by atoms with Gasteiger partial charge < -0.3 is 9.47 Å². The molecule has 0 radical (unpaired) electrons. The Kier molecular flexibility index (Phi) is 4.26. The molecule has 0 spiro atoms. The second-order valence-corrected chi connectivity index (χ2v) is 4.94. The van der Waals surface area contributed by atoms with Crippen LogP contribution in [-0.4, -0.2) is 12.4 Å². The van der Waals surface area contributed by atoms with E-state index in [0.29, 0.717) is 10.6 Å². The summed E-state index contributed by atoms with van der Waals surface area (Å²) in [6.45, 7) is 2.28. The summed E-state index contributed by atoms with van der Waals surface area (Å²) in [5.41, 5.74) is 0.668. The van der Waals surface area contributed by atoms with Crippen molar-refractivity contribution in [1.82, 2.24) is 0 Å². The Labute approximate surface area is 110 Å². The van der Waals surface area contributed by atoms with Crippen molar-refractivity contribution in [3.63, 3.8) is 0 Å². The molecule has 1 heterocycles. The van der Waals surface area contributed by atoms with Gasteiger partial charge in [0.15, 0.2) is 6.29 Å². The predicted molar refractivity (Wildman–Crippen MR) is 64.8 cm³/mol. The van der Waals surface area contributed by atoms with Crippen molar-refractivity contribution in [2.45, 2.75) is 38.8 Å². The summed E-state index contributed by atoms with van der Waals surface area (Å²) in [6, 6.07) is 2.68. The van der Waals surface area contributed by atoms with Crippen LogP contribution in [0.3, 0.4) is 0 Å². The number of rotatable bonds is 3. The van der Waals surface area contributed by atoms with Crippen LogP contribution in [0.15, 0.2) is 12.1 Å². The van der Waals surface area contributed by atoms with Gasteiger partial charge in [-0.1, -0.05) is 23.2 Å². The van der Waals surface area contributed by atoms with Crippen LogP contribution in [0, 0.1) is 5.82 Å². The molecule has 0 aliphatic carbocycles. The maximum atomic E-state index is 13.1. The maximum Gasteiger partial charge on any atom is 0.158 e. The standard InChI is InChI=1S/C12H13Cl2FO2/c1-7-2-3-12(17-7)16-6-8-4-10(14)11(15)5-9(8)13/h4-5,7,12H,2-3,6H2,1H3/t7-,12?/m0/s1. The van der Waals surface area contributed by atoms with Crippen molar-refractivity contribution in [3.05, 3.63) is 33.6 Å². The van der Waals surface area contributed by atoms with Crippen LogP contribution in [0.2, 0.25) is 10.0 Å². The zero-order valence-corrected chi connectivity index (χ0v) is 10.9.